The van der Waals surface area contributed by atoms with Crippen LogP contribution >= 0.6 is 11.3 Å². The van der Waals surface area contributed by atoms with Crippen LogP contribution in [0.5, 0.6) is 0 Å². The summed E-state index contributed by atoms with van der Waals surface area (Å²) in [5, 5.41) is 7.14. The number of aromatic nitrogens is 4. The first-order valence-electron chi connectivity index (χ1n) is 6.95. The van der Waals surface area contributed by atoms with Gasteiger partial charge >= 0.3 is 0 Å². The molecule has 7 nitrogen and oxygen atoms in total. The van der Waals surface area contributed by atoms with Crippen molar-refractivity contribution in [1.29, 1.82) is 0 Å². The maximum absolute atomic E-state index is 12.4. The number of hydrogen-bond acceptors (Lipinski definition) is 6. The molecule has 0 radical (unpaired) electrons. The highest BCUT2D eigenvalue weighted by atomic mass is 32.1. The molecule has 3 rings (SSSR count). The second-order valence-corrected chi connectivity index (χ2v) is 5.97. The Hall–Kier alpha value is -1.96. The van der Waals surface area contributed by atoms with Crippen LogP contribution in [0.3, 0.4) is 0 Å². The predicted molar refractivity (Wildman–Crippen MR) is 80.4 cm³/mol. The quantitative estimate of drug-likeness (QED) is 0.845. The lowest BCUT2D eigenvalue weighted by molar-refractivity contribution is -0.134. The van der Waals surface area contributed by atoms with Gasteiger partial charge in [-0.1, -0.05) is 0 Å². The molecule has 2 aromatic rings. The molecule has 1 aliphatic rings. The number of carbonyl (C=O) groups excluding carboxylic acids is 1. The Kier molecular flexibility index (Phi) is 3.87. The molecule has 21 heavy (non-hydrogen) atoms. The molecule has 0 aliphatic carbocycles. The molecular formula is C13H18N6OS. The Bertz CT molecular complexity index is 602. The fraction of sp³-hybridized carbons (Fsp3) is 0.538. The van der Waals surface area contributed by atoms with E-state index < -0.39 is 0 Å². The first-order chi connectivity index (χ1) is 10.1. The van der Waals surface area contributed by atoms with Gasteiger partial charge in [0.25, 0.3) is 0 Å². The van der Waals surface area contributed by atoms with Gasteiger partial charge in [-0.15, -0.1) is 11.3 Å². The van der Waals surface area contributed by atoms with Gasteiger partial charge in [-0.25, -0.2) is 14.6 Å². The average Bonchev–Trinajstić information content (AvgIpc) is 3.17. The van der Waals surface area contributed by atoms with E-state index in [1.54, 1.807) is 22.3 Å². The van der Waals surface area contributed by atoms with Crippen LogP contribution in [0.1, 0.15) is 18.7 Å². The number of thiazole rings is 1. The molecule has 1 fully saturated rings. The van der Waals surface area contributed by atoms with E-state index in [1.165, 1.54) is 6.33 Å². The Labute approximate surface area is 127 Å². The van der Waals surface area contributed by atoms with Crippen LogP contribution in [0, 0.1) is 6.92 Å². The van der Waals surface area contributed by atoms with Crippen LogP contribution in [0.2, 0.25) is 0 Å². The van der Waals surface area contributed by atoms with Crippen molar-refractivity contribution in [3.8, 4) is 0 Å². The van der Waals surface area contributed by atoms with Gasteiger partial charge < -0.3 is 9.80 Å². The molecule has 0 saturated carbocycles. The van der Waals surface area contributed by atoms with E-state index >= 15 is 0 Å². The highest BCUT2D eigenvalue weighted by molar-refractivity contribution is 7.13. The molecule has 1 atom stereocenters. The summed E-state index contributed by atoms with van der Waals surface area (Å²) in [6.45, 7) is 6.94. The van der Waals surface area contributed by atoms with Crippen LogP contribution in [0.15, 0.2) is 18.0 Å². The summed E-state index contributed by atoms with van der Waals surface area (Å²) in [4.78, 5) is 25.0. The zero-order chi connectivity index (χ0) is 14.8. The normalized spacial score (nSPS) is 17.0. The summed E-state index contributed by atoms with van der Waals surface area (Å²) in [6, 6.07) is -0.304. The molecule has 0 bridgehead atoms. The lowest BCUT2D eigenvalue weighted by Gasteiger charge is -2.35. The third kappa shape index (κ3) is 2.90. The molecule has 8 heteroatoms. The molecule has 1 amide bonds. The molecule has 0 unspecified atom stereocenters. The molecule has 0 N–H and O–H groups in total. The maximum atomic E-state index is 12.4. The van der Waals surface area contributed by atoms with Gasteiger partial charge in [0.15, 0.2) is 5.13 Å². The minimum absolute atomic E-state index is 0.0930. The molecule has 0 spiro atoms. The van der Waals surface area contributed by atoms with Gasteiger partial charge in [-0.05, 0) is 13.8 Å². The molecular weight excluding hydrogens is 288 g/mol. The van der Waals surface area contributed by atoms with E-state index in [9.17, 15) is 4.79 Å². The van der Waals surface area contributed by atoms with Crippen LogP contribution in [-0.4, -0.2) is 56.7 Å². The van der Waals surface area contributed by atoms with Crippen molar-refractivity contribution < 1.29 is 4.79 Å². The zero-order valence-corrected chi connectivity index (χ0v) is 13.0. The topological polar surface area (TPSA) is 67.2 Å². The van der Waals surface area contributed by atoms with E-state index in [4.69, 9.17) is 0 Å². The Morgan fingerprint density at radius 2 is 2.10 bits per heavy atom. The Balaban J connectivity index is 1.59. The molecule has 0 aromatic carbocycles. The van der Waals surface area contributed by atoms with Gasteiger partial charge in [0.2, 0.25) is 5.91 Å². The standard InChI is InChI=1S/C13H18N6OS/c1-10-7-21-13(16-10)18-5-3-17(4-6-18)12(20)11(2)19-9-14-8-15-19/h7-9,11H,3-6H2,1-2H3/t11-/m1/s1. The van der Waals surface area contributed by atoms with Crippen LogP contribution in [-0.2, 0) is 4.79 Å². The number of piperazine rings is 1. The van der Waals surface area contributed by atoms with E-state index in [2.05, 4.69) is 25.3 Å². The monoisotopic (exact) mass is 306 g/mol. The summed E-state index contributed by atoms with van der Waals surface area (Å²) in [6.07, 6.45) is 3.03. The maximum Gasteiger partial charge on any atom is 0.247 e. The SMILES string of the molecule is Cc1csc(N2CCN(C(=O)[C@@H](C)n3cncn3)CC2)n1. The Morgan fingerprint density at radius 3 is 2.67 bits per heavy atom. The molecule has 2 aromatic heterocycles. The second-order valence-electron chi connectivity index (χ2n) is 5.14. The smallest absolute Gasteiger partial charge is 0.247 e. The van der Waals surface area contributed by atoms with Crippen LogP contribution in [0.25, 0.3) is 0 Å². The van der Waals surface area contributed by atoms with Gasteiger partial charge in [-0.3, -0.25) is 4.79 Å². The fourth-order valence-electron chi connectivity index (χ4n) is 2.40. The van der Waals surface area contributed by atoms with E-state index in [1.807, 2.05) is 18.7 Å². The van der Waals surface area contributed by atoms with Crippen molar-refractivity contribution in [2.24, 2.45) is 0 Å². The summed E-state index contributed by atoms with van der Waals surface area (Å²) in [5.41, 5.74) is 1.05. The molecule has 1 saturated heterocycles. The third-order valence-corrected chi connectivity index (χ3v) is 4.68. The average molecular weight is 306 g/mol. The molecule has 3 heterocycles. The van der Waals surface area contributed by atoms with Crippen molar-refractivity contribution in [2.45, 2.75) is 19.9 Å². The number of amides is 1. The third-order valence-electron chi connectivity index (χ3n) is 3.66. The lowest BCUT2D eigenvalue weighted by atomic mass is 10.2. The minimum atomic E-state index is -0.304. The van der Waals surface area contributed by atoms with Gasteiger partial charge in [0, 0.05) is 31.6 Å². The van der Waals surface area contributed by atoms with Crippen molar-refractivity contribution in [3.63, 3.8) is 0 Å². The van der Waals surface area contributed by atoms with Crippen LogP contribution in [0.4, 0.5) is 5.13 Å². The van der Waals surface area contributed by atoms with Crippen molar-refractivity contribution in [2.75, 3.05) is 31.1 Å². The number of nitrogens with zero attached hydrogens (tertiary/aromatic N) is 6. The summed E-state index contributed by atoms with van der Waals surface area (Å²) < 4.78 is 1.60. The van der Waals surface area contributed by atoms with E-state index in [0.717, 1.165) is 37.0 Å². The molecule has 1 aliphatic heterocycles. The van der Waals surface area contributed by atoms with Gasteiger partial charge in [-0.2, -0.15) is 5.10 Å². The van der Waals surface area contributed by atoms with Crippen LogP contribution < -0.4 is 4.90 Å². The summed E-state index contributed by atoms with van der Waals surface area (Å²) in [7, 11) is 0. The summed E-state index contributed by atoms with van der Waals surface area (Å²) >= 11 is 1.66. The summed E-state index contributed by atoms with van der Waals surface area (Å²) in [5.74, 6) is 0.0930. The molecule has 112 valence electrons. The number of aryl methyl sites for hydroxylation is 1. The second kappa shape index (κ2) is 5.80. The first kappa shape index (κ1) is 14.0. The van der Waals surface area contributed by atoms with Gasteiger partial charge in [0.1, 0.15) is 18.7 Å². The fourth-order valence-corrected chi connectivity index (χ4v) is 3.26. The van der Waals surface area contributed by atoms with Crippen molar-refractivity contribution >= 4 is 22.4 Å². The lowest BCUT2D eigenvalue weighted by Crippen LogP contribution is -2.50. The Morgan fingerprint density at radius 1 is 1.33 bits per heavy atom. The van der Waals surface area contributed by atoms with Gasteiger partial charge in [0.05, 0.1) is 5.69 Å². The number of anilines is 1. The predicted octanol–water partition coefficient (Wildman–Crippen LogP) is 0.953. The van der Waals surface area contributed by atoms with Crippen molar-refractivity contribution in [3.05, 3.63) is 23.7 Å². The number of rotatable bonds is 3. The van der Waals surface area contributed by atoms with Crippen molar-refractivity contribution in [1.82, 2.24) is 24.6 Å². The number of carbonyl (C=O) groups is 1. The first-order valence-corrected chi connectivity index (χ1v) is 7.83. The number of hydrogen-bond donors (Lipinski definition) is 0. The zero-order valence-electron chi connectivity index (χ0n) is 12.1. The largest absolute Gasteiger partial charge is 0.345 e. The minimum Gasteiger partial charge on any atom is -0.345 e. The highest BCUT2D eigenvalue weighted by Gasteiger charge is 2.26. The van der Waals surface area contributed by atoms with E-state index in [0.29, 0.717) is 0 Å². The highest BCUT2D eigenvalue weighted by Crippen LogP contribution is 2.22. The van der Waals surface area contributed by atoms with E-state index in [-0.39, 0.29) is 11.9 Å².